The first-order chi connectivity index (χ1) is 5.88. The van der Waals surface area contributed by atoms with E-state index in [1.807, 2.05) is 5.32 Å². The summed E-state index contributed by atoms with van der Waals surface area (Å²) in [6.07, 6.45) is -5.18. The minimum atomic E-state index is -4.30. The molecule has 2 atom stereocenters. The lowest BCUT2D eigenvalue weighted by molar-refractivity contribution is -0.159. The summed E-state index contributed by atoms with van der Waals surface area (Å²) in [7, 11) is 1.67. The molecule has 0 saturated heterocycles. The van der Waals surface area contributed by atoms with Crippen LogP contribution in [0, 0.1) is 0 Å². The van der Waals surface area contributed by atoms with Gasteiger partial charge in [-0.05, 0) is 26.9 Å². The Labute approximate surface area is 75.3 Å². The summed E-state index contributed by atoms with van der Waals surface area (Å²) in [5.74, 6) is 0. The highest BCUT2D eigenvalue weighted by molar-refractivity contribution is 4.71. The van der Waals surface area contributed by atoms with E-state index in [-0.39, 0.29) is 6.42 Å². The van der Waals surface area contributed by atoms with E-state index in [4.69, 9.17) is 5.11 Å². The molecule has 0 aromatic carbocycles. The SMILES string of the molecule is CNCC[C@@H](O)N[C@@H](C)C(F)(F)F. The smallest absolute Gasteiger partial charge is 0.379 e. The normalized spacial score (nSPS) is 17.1. The average molecular weight is 200 g/mol. The van der Waals surface area contributed by atoms with Crippen LogP contribution in [0.15, 0.2) is 0 Å². The quantitative estimate of drug-likeness (QED) is 0.565. The molecule has 3 nitrogen and oxygen atoms in total. The molecular weight excluding hydrogens is 185 g/mol. The number of hydrogen-bond acceptors (Lipinski definition) is 3. The van der Waals surface area contributed by atoms with E-state index in [2.05, 4.69) is 5.32 Å². The van der Waals surface area contributed by atoms with Crippen LogP contribution in [0.3, 0.4) is 0 Å². The minimum absolute atomic E-state index is 0.247. The Morgan fingerprint density at radius 2 is 1.92 bits per heavy atom. The molecule has 0 saturated carbocycles. The molecule has 13 heavy (non-hydrogen) atoms. The summed E-state index contributed by atoms with van der Waals surface area (Å²) in [6.45, 7) is 1.45. The molecule has 0 aliphatic heterocycles. The highest BCUT2D eigenvalue weighted by Gasteiger charge is 2.36. The molecule has 6 heteroatoms. The zero-order chi connectivity index (χ0) is 10.5. The van der Waals surface area contributed by atoms with Crippen LogP contribution in [0.25, 0.3) is 0 Å². The van der Waals surface area contributed by atoms with E-state index in [0.29, 0.717) is 6.54 Å². The van der Waals surface area contributed by atoms with Crippen LogP contribution >= 0.6 is 0 Å². The van der Waals surface area contributed by atoms with Gasteiger partial charge in [-0.15, -0.1) is 0 Å². The standard InChI is InChI=1S/C7H15F3N2O/c1-5(7(8,9)10)12-6(13)3-4-11-2/h5-6,11-13H,3-4H2,1-2H3/t5-,6+/m0/s1. The first kappa shape index (κ1) is 12.7. The summed E-state index contributed by atoms with van der Waals surface area (Å²) in [6, 6.07) is -1.68. The number of hydrogen-bond donors (Lipinski definition) is 3. The maximum absolute atomic E-state index is 11.9. The van der Waals surface area contributed by atoms with Crippen LogP contribution in [-0.2, 0) is 0 Å². The average Bonchev–Trinajstić information content (AvgIpc) is 1.99. The van der Waals surface area contributed by atoms with Gasteiger partial charge in [-0.1, -0.05) is 0 Å². The summed E-state index contributed by atoms with van der Waals surface area (Å²) >= 11 is 0. The summed E-state index contributed by atoms with van der Waals surface area (Å²) < 4.78 is 35.8. The van der Waals surface area contributed by atoms with Gasteiger partial charge in [0.15, 0.2) is 0 Å². The third-order valence-electron chi connectivity index (χ3n) is 1.60. The predicted octanol–water partition coefficient (Wildman–Crippen LogP) is 0.455. The summed E-state index contributed by atoms with van der Waals surface area (Å²) in [4.78, 5) is 0. The predicted molar refractivity (Wildman–Crippen MR) is 43.2 cm³/mol. The summed E-state index contributed by atoms with van der Waals surface area (Å²) in [5.41, 5.74) is 0. The molecular formula is C7H15F3N2O. The van der Waals surface area contributed by atoms with Gasteiger partial charge >= 0.3 is 6.18 Å². The van der Waals surface area contributed by atoms with Gasteiger partial charge in [0, 0.05) is 0 Å². The van der Waals surface area contributed by atoms with E-state index in [9.17, 15) is 13.2 Å². The van der Waals surface area contributed by atoms with Crippen LogP contribution in [-0.4, -0.2) is 37.1 Å². The lowest BCUT2D eigenvalue weighted by Gasteiger charge is -2.21. The van der Waals surface area contributed by atoms with Gasteiger partial charge < -0.3 is 10.4 Å². The minimum Gasteiger partial charge on any atom is -0.379 e. The maximum atomic E-state index is 11.9. The Morgan fingerprint density at radius 3 is 2.31 bits per heavy atom. The van der Waals surface area contributed by atoms with Gasteiger partial charge in [-0.2, -0.15) is 13.2 Å². The Balaban J connectivity index is 3.71. The van der Waals surface area contributed by atoms with Crippen LogP contribution in [0.1, 0.15) is 13.3 Å². The number of halogens is 3. The van der Waals surface area contributed by atoms with Gasteiger partial charge in [0.1, 0.15) is 12.3 Å². The first-order valence-electron chi connectivity index (χ1n) is 4.03. The third kappa shape index (κ3) is 5.84. The van der Waals surface area contributed by atoms with Crippen molar-refractivity contribution in [3.05, 3.63) is 0 Å². The molecule has 0 unspecified atom stereocenters. The summed E-state index contributed by atoms with van der Waals surface area (Å²) in [5, 5.41) is 13.8. The largest absolute Gasteiger partial charge is 0.403 e. The Bertz CT molecular complexity index is 140. The zero-order valence-electron chi connectivity index (χ0n) is 7.65. The van der Waals surface area contributed by atoms with Gasteiger partial charge in [-0.3, -0.25) is 5.32 Å². The molecule has 0 rings (SSSR count). The molecule has 0 heterocycles. The number of alkyl halides is 3. The number of aliphatic hydroxyl groups is 1. The van der Waals surface area contributed by atoms with Gasteiger partial charge in [-0.25, -0.2) is 0 Å². The Morgan fingerprint density at radius 1 is 1.38 bits per heavy atom. The van der Waals surface area contributed by atoms with Crippen molar-refractivity contribution in [1.82, 2.24) is 10.6 Å². The van der Waals surface area contributed by atoms with E-state index < -0.39 is 18.4 Å². The van der Waals surface area contributed by atoms with Gasteiger partial charge in [0.05, 0.1) is 0 Å². The zero-order valence-corrected chi connectivity index (χ0v) is 7.65. The van der Waals surface area contributed by atoms with Crippen molar-refractivity contribution >= 4 is 0 Å². The molecule has 3 N–H and O–H groups in total. The fourth-order valence-electron chi connectivity index (χ4n) is 0.747. The highest BCUT2D eigenvalue weighted by Crippen LogP contribution is 2.19. The van der Waals surface area contributed by atoms with Gasteiger partial charge in [0.25, 0.3) is 0 Å². The van der Waals surface area contributed by atoms with Gasteiger partial charge in [0.2, 0.25) is 0 Å². The molecule has 0 bridgehead atoms. The maximum Gasteiger partial charge on any atom is 0.403 e. The molecule has 0 spiro atoms. The van der Waals surface area contributed by atoms with Crippen LogP contribution in [0.4, 0.5) is 13.2 Å². The second kappa shape index (κ2) is 5.41. The van der Waals surface area contributed by atoms with Crippen LogP contribution < -0.4 is 10.6 Å². The Kier molecular flexibility index (Phi) is 5.27. The second-order valence-corrected chi connectivity index (χ2v) is 2.84. The van der Waals surface area contributed by atoms with Crippen molar-refractivity contribution in [1.29, 1.82) is 0 Å². The fraction of sp³-hybridized carbons (Fsp3) is 1.00. The van der Waals surface area contributed by atoms with Crippen LogP contribution in [0.2, 0.25) is 0 Å². The molecule has 80 valence electrons. The lowest BCUT2D eigenvalue weighted by atomic mass is 10.3. The molecule has 0 aromatic heterocycles. The van der Waals surface area contributed by atoms with E-state index in [1.54, 1.807) is 7.05 Å². The molecule has 0 fully saturated rings. The molecule has 0 aliphatic carbocycles. The van der Waals surface area contributed by atoms with Crippen LogP contribution in [0.5, 0.6) is 0 Å². The van der Waals surface area contributed by atoms with E-state index in [1.165, 1.54) is 0 Å². The number of nitrogens with one attached hydrogen (secondary N) is 2. The van der Waals surface area contributed by atoms with Crippen molar-refractivity contribution in [3.63, 3.8) is 0 Å². The topological polar surface area (TPSA) is 44.3 Å². The third-order valence-corrected chi connectivity index (χ3v) is 1.60. The Hall–Kier alpha value is -0.330. The molecule has 0 aromatic rings. The van der Waals surface area contributed by atoms with Crippen molar-refractivity contribution in [2.45, 2.75) is 31.8 Å². The van der Waals surface area contributed by atoms with Crippen molar-refractivity contribution in [3.8, 4) is 0 Å². The first-order valence-corrected chi connectivity index (χ1v) is 4.03. The fourth-order valence-corrected chi connectivity index (χ4v) is 0.747. The molecule has 0 aliphatic rings. The number of rotatable bonds is 5. The van der Waals surface area contributed by atoms with E-state index in [0.717, 1.165) is 6.92 Å². The van der Waals surface area contributed by atoms with E-state index >= 15 is 0 Å². The van der Waals surface area contributed by atoms with Crippen molar-refractivity contribution in [2.24, 2.45) is 0 Å². The number of aliphatic hydroxyl groups excluding tert-OH is 1. The monoisotopic (exact) mass is 200 g/mol. The lowest BCUT2D eigenvalue weighted by Crippen LogP contribution is -2.46. The highest BCUT2D eigenvalue weighted by atomic mass is 19.4. The molecule has 0 radical (unpaired) electrons. The second-order valence-electron chi connectivity index (χ2n) is 2.84. The van der Waals surface area contributed by atoms with Crippen molar-refractivity contribution < 1.29 is 18.3 Å². The molecule has 0 amide bonds. The van der Waals surface area contributed by atoms with Crippen molar-refractivity contribution in [2.75, 3.05) is 13.6 Å².